The van der Waals surface area contributed by atoms with Crippen LogP contribution in [0.2, 0.25) is 0 Å². The lowest BCUT2D eigenvalue weighted by Crippen LogP contribution is -2.16. The summed E-state index contributed by atoms with van der Waals surface area (Å²) in [5, 5.41) is 12.2. The van der Waals surface area contributed by atoms with E-state index in [1.807, 2.05) is 72.8 Å². The summed E-state index contributed by atoms with van der Waals surface area (Å²) in [7, 11) is 1.53. The molecule has 0 saturated carbocycles. The molecule has 0 spiro atoms. The molecule has 0 fully saturated rings. The smallest absolute Gasteiger partial charge is 0.340 e. The van der Waals surface area contributed by atoms with Crippen LogP contribution < -0.4 is 9.47 Å². The molecule has 5 heteroatoms. The lowest BCUT2D eigenvalue weighted by Gasteiger charge is -2.18. The monoisotopic (exact) mass is 514 g/mol. The Balaban J connectivity index is 1.70. The molecule has 0 aromatic heterocycles. The summed E-state index contributed by atoms with van der Waals surface area (Å²) >= 11 is 0. The number of carbonyl (C=O) groups excluding carboxylic acids is 1. The van der Waals surface area contributed by atoms with Crippen molar-refractivity contribution in [2.24, 2.45) is 0 Å². The fourth-order valence-corrected chi connectivity index (χ4v) is 4.61. The van der Waals surface area contributed by atoms with E-state index in [0.717, 1.165) is 16.3 Å². The lowest BCUT2D eigenvalue weighted by atomic mass is 9.86. The van der Waals surface area contributed by atoms with Crippen LogP contribution in [0.15, 0.2) is 127 Å². The van der Waals surface area contributed by atoms with E-state index in [1.54, 1.807) is 48.5 Å². The van der Waals surface area contributed by atoms with Crippen LogP contribution in [0.3, 0.4) is 0 Å². The Morgan fingerprint density at radius 2 is 1.36 bits per heavy atom. The number of rotatable bonds is 9. The van der Waals surface area contributed by atoms with Gasteiger partial charge in [0.1, 0.15) is 12.2 Å². The van der Waals surface area contributed by atoms with E-state index in [4.69, 9.17) is 9.47 Å². The van der Waals surface area contributed by atoms with Crippen molar-refractivity contribution >= 4 is 28.1 Å². The Kier molecular flexibility index (Phi) is 7.51. The number of carboxylic acid groups (broad SMARTS) is 1. The number of benzene rings is 5. The van der Waals surface area contributed by atoms with Gasteiger partial charge in [-0.1, -0.05) is 109 Å². The average molecular weight is 515 g/mol. The number of hydrogen-bond acceptors (Lipinski definition) is 4. The normalized spacial score (nSPS) is 11.5. The summed E-state index contributed by atoms with van der Waals surface area (Å²) in [5.74, 6) is -0.948. The zero-order valence-corrected chi connectivity index (χ0v) is 21.3. The number of ether oxygens (including phenoxy) is 2. The molecule has 0 heterocycles. The molecular weight excluding hydrogens is 488 g/mol. The number of Topliss-reactive ketones (excluding diaryl/α,β-unsaturated/α-hetero) is 1. The van der Waals surface area contributed by atoms with Crippen molar-refractivity contribution in [3.05, 3.63) is 149 Å². The highest BCUT2D eigenvalue weighted by molar-refractivity contribution is 6.30. The van der Waals surface area contributed by atoms with Crippen LogP contribution in [0, 0.1) is 0 Å². The zero-order valence-electron chi connectivity index (χ0n) is 21.3. The molecule has 0 aliphatic heterocycles. The van der Waals surface area contributed by atoms with E-state index in [0.29, 0.717) is 40.4 Å². The molecule has 1 N–H and O–H groups in total. The molecule has 0 bridgehead atoms. The van der Waals surface area contributed by atoms with Crippen molar-refractivity contribution in [1.29, 1.82) is 0 Å². The third-order valence-electron chi connectivity index (χ3n) is 6.48. The maximum Gasteiger partial charge on any atom is 0.340 e. The molecule has 5 aromatic carbocycles. The number of fused-ring (bicyclic) bond motifs is 1. The first-order valence-corrected chi connectivity index (χ1v) is 12.5. The lowest BCUT2D eigenvalue weighted by molar-refractivity contribution is -0.132. The van der Waals surface area contributed by atoms with E-state index in [9.17, 15) is 14.7 Å². The van der Waals surface area contributed by atoms with Crippen LogP contribution in [0.4, 0.5) is 0 Å². The van der Waals surface area contributed by atoms with Gasteiger partial charge in [-0.25, -0.2) is 4.79 Å². The first-order chi connectivity index (χ1) is 19.1. The van der Waals surface area contributed by atoms with E-state index < -0.39 is 11.8 Å². The Bertz CT molecular complexity index is 1670. The Morgan fingerprint density at radius 3 is 2.08 bits per heavy atom. The molecule has 5 nitrogen and oxygen atoms in total. The average Bonchev–Trinajstić information content (AvgIpc) is 2.99. The van der Waals surface area contributed by atoms with Crippen LogP contribution in [-0.4, -0.2) is 24.0 Å². The van der Waals surface area contributed by atoms with Crippen molar-refractivity contribution in [3.63, 3.8) is 0 Å². The quantitative estimate of drug-likeness (QED) is 0.0975. The van der Waals surface area contributed by atoms with Gasteiger partial charge >= 0.3 is 5.97 Å². The highest BCUT2D eigenvalue weighted by Gasteiger charge is 2.27. The predicted molar refractivity (Wildman–Crippen MR) is 152 cm³/mol. The van der Waals surface area contributed by atoms with Crippen LogP contribution in [0.25, 0.3) is 16.3 Å². The predicted octanol–water partition coefficient (Wildman–Crippen LogP) is 7.20. The van der Waals surface area contributed by atoms with Crippen molar-refractivity contribution in [2.75, 3.05) is 7.11 Å². The van der Waals surface area contributed by atoms with Gasteiger partial charge in [0.05, 0.1) is 7.11 Å². The summed E-state index contributed by atoms with van der Waals surface area (Å²) < 4.78 is 11.7. The second-order valence-electron chi connectivity index (χ2n) is 8.92. The molecule has 192 valence electrons. The van der Waals surface area contributed by atoms with E-state index >= 15 is 0 Å². The topological polar surface area (TPSA) is 72.8 Å². The number of ketones is 1. The number of aliphatic carboxylic acids is 1. The molecule has 0 aliphatic rings. The van der Waals surface area contributed by atoms with Crippen molar-refractivity contribution < 1.29 is 24.2 Å². The maximum absolute atomic E-state index is 13.7. The van der Waals surface area contributed by atoms with Crippen LogP contribution >= 0.6 is 0 Å². The molecule has 5 rings (SSSR count). The third-order valence-corrected chi connectivity index (χ3v) is 6.48. The molecule has 39 heavy (non-hydrogen) atoms. The molecule has 0 radical (unpaired) electrons. The minimum absolute atomic E-state index is 0.294. The van der Waals surface area contributed by atoms with Gasteiger partial charge < -0.3 is 14.6 Å². The maximum atomic E-state index is 13.7. The van der Waals surface area contributed by atoms with Gasteiger partial charge in [0, 0.05) is 11.1 Å². The molecule has 0 unspecified atom stereocenters. The van der Waals surface area contributed by atoms with Gasteiger partial charge in [0.15, 0.2) is 11.5 Å². The number of methoxy groups -OCH3 is 1. The second kappa shape index (κ2) is 11.5. The number of carboxylic acids is 1. The van der Waals surface area contributed by atoms with Gasteiger partial charge in [-0.3, -0.25) is 4.79 Å². The third kappa shape index (κ3) is 5.43. The van der Waals surface area contributed by atoms with E-state index in [1.165, 1.54) is 7.11 Å². The van der Waals surface area contributed by atoms with Gasteiger partial charge in [0.2, 0.25) is 5.78 Å². The van der Waals surface area contributed by atoms with Crippen LogP contribution in [-0.2, 0) is 11.4 Å². The highest BCUT2D eigenvalue weighted by atomic mass is 16.5. The van der Waals surface area contributed by atoms with Crippen molar-refractivity contribution in [1.82, 2.24) is 0 Å². The van der Waals surface area contributed by atoms with Crippen LogP contribution in [0.1, 0.15) is 27.0 Å². The first-order valence-electron chi connectivity index (χ1n) is 12.5. The molecule has 0 aliphatic carbocycles. The van der Waals surface area contributed by atoms with E-state index in [2.05, 4.69) is 0 Å². The second-order valence-corrected chi connectivity index (χ2v) is 8.92. The molecule has 0 atom stereocenters. The summed E-state index contributed by atoms with van der Waals surface area (Å²) in [6.07, 6.45) is 0. The van der Waals surface area contributed by atoms with Crippen molar-refractivity contribution in [3.8, 4) is 11.5 Å². The molecular formula is C34H26O5. The summed E-state index contributed by atoms with van der Waals surface area (Å²) in [4.78, 5) is 26.5. The van der Waals surface area contributed by atoms with Crippen molar-refractivity contribution in [2.45, 2.75) is 6.61 Å². The molecule has 0 saturated heterocycles. The Hall–Kier alpha value is -5.16. The number of hydrogen-bond donors (Lipinski definition) is 1. The largest absolute Gasteiger partial charge is 0.493 e. The first kappa shape index (κ1) is 25.5. The number of carbonyl (C=O) groups is 2. The van der Waals surface area contributed by atoms with Gasteiger partial charge in [-0.15, -0.1) is 0 Å². The summed E-state index contributed by atoms with van der Waals surface area (Å²) in [6.45, 7) is 0.343. The minimum atomic E-state index is -1.31. The standard InChI is InChI=1S/C34H26O5/c1-38-30-21-26(19-20-29(30)39-22-23-11-4-2-5-12-23)31(28-18-10-16-24-13-8-9-17-27(24)28)32(34(36)37)33(35)25-14-6-3-7-15-25/h2-21H,22H2,1H3,(H,36,37). The zero-order chi connectivity index (χ0) is 27.2. The fraction of sp³-hybridized carbons (Fsp3) is 0.0588. The SMILES string of the molecule is COc1cc(C(=C(C(=O)O)C(=O)c2ccccc2)c2cccc3ccccc23)ccc1OCc1ccccc1. The van der Waals surface area contributed by atoms with Gasteiger partial charge in [-0.2, -0.15) is 0 Å². The van der Waals surface area contributed by atoms with Gasteiger partial charge in [-0.05, 0) is 39.6 Å². The summed E-state index contributed by atoms with van der Waals surface area (Å²) in [6, 6.07) is 36.8. The highest BCUT2D eigenvalue weighted by Crippen LogP contribution is 2.38. The Morgan fingerprint density at radius 1 is 0.692 bits per heavy atom. The van der Waals surface area contributed by atoms with E-state index in [-0.39, 0.29) is 5.57 Å². The minimum Gasteiger partial charge on any atom is -0.493 e. The molecule has 0 amide bonds. The fourth-order valence-electron chi connectivity index (χ4n) is 4.61. The molecule has 5 aromatic rings. The van der Waals surface area contributed by atoms with Gasteiger partial charge in [0.25, 0.3) is 0 Å². The summed E-state index contributed by atoms with van der Waals surface area (Å²) in [5.41, 5.74) is 2.44. The van der Waals surface area contributed by atoms with Crippen LogP contribution in [0.5, 0.6) is 11.5 Å². The Labute approximate surface area is 226 Å².